The minimum Gasteiger partial charge on any atom is -0.435 e. The molecule has 0 atom stereocenters. The van der Waals surface area contributed by atoms with Crippen molar-refractivity contribution in [1.29, 1.82) is 0 Å². The molecule has 0 saturated carbocycles. The highest BCUT2D eigenvalue weighted by Gasteiger charge is 2.06. The van der Waals surface area contributed by atoms with Crippen LogP contribution in [0.15, 0.2) is 24.3 Å². The van der Waals surface area contributed by atoms with E-state index in [2.05, 4.69) is 27.0 Å². The third-order valence-corrected chi connectivity index (χ3v) is 4.43. The molecule has 1 nitrogen and oxygen atoms in total. The van der Waals surface area contributed by atoms with E-state index in [9.17, 15) is 4.80 Å². The van der Waals surface area contributed by atoms with Crippen LogP contribution in [0.3, 0.4) is 0 Å². The van der Waals surface area contributed by atoms with E-state index in [1.165, 1.54) is 11.1 Å². The Morgan fingerprint density at radius 3 is 1.64 bits per heavy atom. The summed E-state index contributed by atoms with van der Waals surface area (Å²) in [7, 11) is -1.40. The van der Waals surface area contributed by atoms with Gasteiger partial charge in [0.15, 0.2) is 9.04 Å². The summed E-state index contributed by atoms with van der Waals surface area (Å²) in [6, 6.07) is 2.09. The van der Waals surface area contributed by atoms with Crippen LogP contribution in [0.5, 0.6) is 0 Å². The van der Waals surface area contributed by atoms with Crippen molar-refractivity contribution in [2.24, 2.45) is 0 Å². The third-order valence-electron chi connectivity index (χ3n) is 2.28. The smallest absolute Gasteiger partial charge is 0.172 e. The lowest BCUT2D eigenvalue weighted by Crippen LogP contribution is -2.10. The predicted octanol–water partition coefficient (Wildman–Crippen LogP) is 3.42. The largest absolute Gasteiger partial charge is 0.435 e. The Morgan fingerprint density at radius 1 is 1.00 bits per heavy atom. The molecule has 14 heavy (non-hydrogen) atoms. The van der Waals surface area contributed by atoms with Crippen molar-refractivity contribution in [2.75, 3.05) is 0 Å². The molecule has 0 fully saturated rings. The molecule has 1 N–H and O–H groups in total. The first-order valence-corrected chi connectivity index (χ1v) is 7.64. The van der Waals surface area contributed by atoms with Crippen LogP contribution in [-0.2, 0) is 0 Å². The van der Waals surface area contributed by atoms with Gasteiger partial charge in [0.05, 0.1) is 0 Å². The normalized spacial score (nSPS) is 10.6. The average Bonchev–Trinajstić information content (AvgIpc) is 2.02. The van der Waals surface area contributed by atoms with Gasteiger partial charge in [-0.25, -0.2) is 0 Å². The standard InChI is InChI=1S/C12H24OSi/c1-11(2)7-5-9-14(13)10-6-8-12(3)4/h13-14H,1,3,5-10H2,2,4H3. The van der Waals surface area contributed by atoms with Crippen LogP contribution in [-0.4, -0.2) is 13.8 Å². The van der Waals surface area contributed by atoms with Crippen LogP contribution in [0.1, 0.15) is 39.5 Å². The third kappa shape index (κ3) is 9.74. The fourth-order valence-electron chi connectivity index (χ4n) is 1.42. The second-order valence-electron chi connectivity index (χ2n) is 4.35. The van der Waals surface area contributed by atoms with Gasteiger partial charge in [-0.3, -0.25) is 0 Å². The second-order valence-corrected chi connectivity index (χ2v) is 6.81. The summed E-state index contributed by atoms with van der Waals surface area (Å²) in [6.45, 7) is 11.8. The first-order valence-electron chi connectivity index (χ1n) is 5.49. The summed E-state index contributed by atoms with van der Waals surface area (Å²) in [5.74, 6) is 0. The number of rotatable bonds is 8. The summed E-state index contributed by atoms with van der Waals surface area (Å²) in [5.41, 5.74) is 2.46. The molecule has 0 amide bonds. The van der Waals surface area contributed by atoms with Crippen LogP contribution in [0.4, 0.5) is 0 Å². The van der Waals surface area contributed by atoms with Crippen molar-refractivity contribution >= 4 is 9.04 Å². The molecular formula is C12H24OSi. The van der Waals surface area contributed by atoms with E-state index in [1.807, 2.05) is 0 Å². The van der Waals surface area contributed by atoms with E-state index >= 15 is 0 Å². The first kappa shape index (κ1) is 13.7. The lowest BCUT2D eigenvalue weighted by atomic mass is 10.2. The summed E-state index contributed by atoms with van der Waals surface area (Å²) in [5, 5.41) is 0. The first-order chi connectivity index (χ1) is 6.52. The Morgan fingerprint density at radius 2 is 1.36 bits per heavy atom. The molecule has 0 aliphatic carbocycles. The fraction of sp³-hybridized carbons (Fsp3) is 0.667. The fourth-order valence-corrected chi connectivity index (χ4v) is 3.06. The minimum atomic E-state index is -1.40. The van der Waals surface area contributed by atoms with Crippen molar-refractivity contribution in [1.82, 2.24) is 0 Å². The second kappa shape index (κ2) is 8.01. The predicted molar refractivity (Wildman–Crippen MR) is 67.1 cm³/mol. The maximum Gasteiger partial charge on any atom is 0.172 e. The summed E-state index contributed by atoms with van der Waals surface area (Å²) in [4.78, 5) is 9.75. The highest BCUT2D eigenvalue weighted by atomic mass is 28.3. The molecular weight excluding hydrogens is 188 g/mol. The minimum absolute atomic E-state index is 1.04. The zero-order chi connectivity index (χ0) is 11.0. The van der Waals surface area contributed by atoms with E-state index in [-0.39, 0.29) is 0 Å². The van der Waals surface area contributed by atoms with Crippen LogP contribution < -0.4 is 0 Å². The molecule has 0 heterocycles. The Hall–Kier alpha value is -0.343. The molecule has 0 rings (SSSR count). The van der Waals surface area contributed by atoms with E-state index < -0.39 is 9.04 Å². The number of hydrogen-bond donors (Lipinski definition) is 1. The van der Waals surface area contributed by atoms with Gasteiger partial charge in [0.1, 0.15) is 0 Å². The van der Waals surface area contributed by atoms with Crippen molar-refractivity contribution in [3.63, 3.8) is 0 Å². The molecule has 0 radical (unpaired) electrons. The van der Waals surface area contributed by atoms with E-state index in [4.69, 9.17) is 0 Å². The van der Waals surface area contributed by atoms with Gasteiger partial charge in [0.2, 0.25) is 0 Å². The van der Waals surface area contributed by atoms with Gasteiger partial charge in [-0.15, -0.1) is 13.2 Å². The van der Waals surface area contributed by atoms with Crippen molar-refractivity contribution in [3.05, 3.63) is 24.3 Å². The highest BCUT2D eigenvalue weighted by Crippen LogP contribution is 2.12. The number of hydrogen-bond acceptors (Lipinski definition) is 1. The lowest BCUT2D eigenvalue weighted by Gasteiger charge is -2.07. The van der Waals surface area contributed by atoms with Gasteiger partial charge >= 0.3 is 0 Å². The molecule has 0 aliphatic rings. The zero-order valence-electron chi connectivity index (χ0n) is 9.68. The Labute approximate surface area is 90.3 Å². The Bertz CT molecular complexity index is 167. The van der Waals surface area contributed by atoms with Crippen LogP contribution >= 0.6 is 0 Å². The monoisotopic (exact) mass is 212 g/mol. The van der Waals surface area contributed by atoms with E-state index in [0.717, 1.165) is 37.8 Å². The Balaban J connectivity index is 3.32. The SMILES string of the molecule is C=C(C)CCC[SiH](O)CCCC(=C)C. The van der Waals surface area contributed by atoms with Crippen LogP contribution in [0, 0.1) is 0 Å². The molecule has 0 aromatic carbocycles. The summed E-state index contributed by atoms with van der Waals surface area (Å²) >= 11 is 0. The molecule has 0 saturated heterocycles. The molecule has 0 bridgehead atoms. The molecule has 82 valence electrons. The van der Waals surface area contributed by atoms with Crippen molar-refractivity contribution in [3.8, 4) is 0 Å². The summed E-state index contributed by atoms with van der Waals surface area (Å²) < 4.78 is 0. The van der Waals surface area contributed by atoms with Gasteiger partial charge in [0.25, 0.3) is 0 Å². The van der Waals surface area contributed by atoms with Gasteiger partial charge < -0.3 is 4.80 Å². The lowest BCUT2D eigenvalue weighted by molar-refractivity contribution is 0.556. The van der Waals surface area contributed by atoms with Gasteiger partial charge in [0, 0.05) is 0 Å². The zero-order valence-corrected chi connectivity index (χ0v) is 10.8. The van der Waals surface area contributed by atoms with Gasteiger partial charge in [-0.05, 0) is 38.8 Å². The summed E-state index contributed by atoms with van der Waals surface area (Å²) in [6.07, 6.45) is 4.39. The van der Waals surface area contributed by atoms with E-state index in [1.54, 1.807) is 0 Å². The maximum absolute atomic E-state index is 9.75. The Kier molecular flexibility index (Phi) is 7.81. The quantitative estimate of drug-likeness (QED) is 0.483. The van der Waals surface area contributed by atoms with Crippen LogP contribution in [0.25, 0.3) is 0 Å². The maximum atomic E-state index is 9.75. The average molecular weight is 212 g/mol. The molecule has 0 aromatic rings. The van der Waals surface area contributed by atoms with Gasteiger partial charge in [-0.2, -0.15) is 0 Å². The molecule has 0 aliphatic heterocycles. The molecule has 0 aromatic heterocycles. The van der Waals surface area contributed by atoms with Crippen molar-refractivity contribution < 1.29 is 4.80 Å². The number of allylic oxidation sites excluding steroid dienone is 2. The van der Waals surface area contributed by atoms with Gasteiger partial charge in [-0.1, -0.05) is 24.0 Å². The molecule has 0 spiro atoms. The molecule has 0 unspecified atom stereocenters. The highest BCUT2D eigenvalue weighted by molar-refractivity contribution is 6.50. The topological polar surface area (TPSA) is 20.2 Å². The van der Waals surface area contributed by atoms with E-state index in [0.29, 0.717) is 0 Å². The molecule has 2 heteroatoms. The van der Waals surface area contributed by atoms with Crippen LogP contribution in [0.2, 0.25) is 12.1 Å². The van der Waals surface area contributed by atoms with Crippen molar-refractivity contribution in [2.45, 2.75) is 51.6 Å².